The van der Waals surface area contributed by atoms with Crippen molar-refractivity contribution in [2.24, 2.45) is 5.41 Å². The first kappa shape index (κ1) is 12.9. The van der Waals surface area contributed by atoms with E-state index in [1.165, 1.54) is 11.0 Å². The van der Waals surface area contributed by atoms with E-state index in [4.69, 9.17) is 9.47 Å². The Hall–Kier alpha value is -1.56. The number of likely N-dealkylation sites (tertiary alicyclic amines) is 1. The van der Waals surface area contributed by atoms with Gasteiger partial charge >= 0.3 is 12.1 Å². The van der Waals surface area contributed by atoms with Crippen LogP contribution in [0.4, 0.5) is 4.79 Å². The number of nitrogens with zero attached hydrogens (tertiary/aromatic N) is 1. The second-order valence-corrected chi connectivity index (χ2v) is 4.65. The van der Waals surface area contributed by atoms with Gasteiger partial charge in [-0.05, 0) is 12.8 Å². The third kappa shape index (κ3) is 1.96. The number of amides is 1. The van der Waals surface area contributed by atoms with Crippen molar-refractivity contribution in [1.82, 2.24) is 4.90 Å². The molecule has 0 aliphatic carbocycles. The number of carboxylic acid groups (broad SMARTS) is 1. The Balaban J connectivity index is 2.15. The molecular formula is C12H17NO5. The summed E-state index contributed by atoms with van der Waals surface area (Å²) < 4.78 is 10.3. The fourth-order valence-electron chi connectivity index (χ4n) is 2.70. The molecule has 2 aliphatic rings. The molecule has 2 aliphatic heterocycles. The molecule has 0 spiro atoms. The molecule has 2 saturated heterocycles. The predicted octanol–water partition coefficient (Wildman–Crippen LogP) is 0.875. The largest absolute Gasteiger partial charge is 0.481 e. The van der Waals surface area contributed by atoms with Crippen LogP contribution in [0.15, 0.2) is 12.7 Å². The van der Waals surface area contributed by atoms with Gasteiger partial charge in [0.25, 0.3) is 0 Å². The average molecular weight is 255 g/mol. The highest BCUT2D eigenvalue weighted by Crippen LogP contribution is 2.41. The molecule has 2 heterocycles. The van der Waals surface area contributed by atoms with Crippen LogP contribution < -0.4 is 0 Å². The van der Waals surface area contributed by atoms with E-state index in [0.717, 1.165) is 0 Å². The molecule has 0 aromatic carbocycles. The van der Waals surface area contributed by atoms with Crippen LogP contribution in [0.2, 0.25) is 0 Å². The van der Waals surface area contributed by atoms with E-state index >= 15 is 0 Å². The summed E-state index contributed by atoms with van der Waals surface area (Å²) in [6, 6.07) is -0.430. The zero-order chi connectivity index (χ0) is 13.2. The smallest absolute Gasteiger partial charge is 0.410 e. The molecule has 100 valence electrons. The standard InChI is InChI=1S/C12H17NO5/c1-2-6-18-11(16)13-5-3-4-12(10(14)15)8-17-7-9(12)13/h2,9H,1,3-8H2,(H,14,15)/t9-,12-/m1/s1. The van der Waals surface area contributed by atoms with Crippen LogP contribution in [0.5, 0.6) is 0 Å². The van der Waals surface area contributed by atoms with E-state index in [2.05, 4.69) is 6.58 Å². The molecule has 0 aromatic heterocycles. The lowest BCUT2D eigenvalue weighted by atomic mass is 9.75. The molecule has 6 heteroatoms. The molecule has 6 nitrogen and oxygen atoms in total. The molecule has 18 heavy (non-hydrogen) atoms. The van der Waals surface area contributed by atoms with Gasteiger partial charge in [0.05, 0.1) is 19.3 Å². The molecule has 0 unspecified atom stereocenters. The SMILES string of the molecule is C=CCOC(=O)N1CCC[C@@]2(C(=O)O)COC[C@@H]12. The van der Waals surface area contributed by atoms with Crippen molar-refractivity contribution in [2.45, 2.75) is 18.9 Å². The number of carbonyl (C=O) groups is 2. The minimum Gasteiger partial charge on any atom is -0.481 e. The number of hydrogen-bond donors (Lipinski definition) is 1. The lowest BCUT2D eigenvalue weighted by Crippen LogP contribution is -2.57. The van der Waals surface area contributed by atoms with Gasteiger partial charge < -0.3 is 19.5 Å². The maximum absolute atomic E-state index is 11.9. The van der Waals surface area contributed by atoms with Gasteiger partial charge in [-0.25, -0.2) is 4.79 Å². The van der Waals surface area contributed by atoms with E-state index in [1.807, 2.05) is 0 Å². The highest BCUT2D eigenvalue weighted by molar-refractivity contribution is 5.78. The van der Waals surface area contributed by atoms with Gasteiger partial charge in [-0.2, -0.15) is 0 Å². The van der Waals surface area contributed by atoms with Crippen molar-refractivity contribution in [3.8, 4) is 0 Å². The number of ether oxygens (including phenoxy) is 2. The van der Waals surface area contributed by atoms with Gasteiger partial charge in [-0.3, -0.25) is 4.79 Å². The minimum absolute atomic E-state index is 0.128. The van der Waals surface area contributed by atoms with E-state index in [9.17, 15) is 14.7 Å². The molecule has 2 rings (SSSR count). The minimum atomic E-state index is -0.967. The van der Waals surface area contributed by atoms with E-state index in [0.29, 0.717) is 19.4 Å². The number of hydrogen-bond acceptors (Lipinski definition) is 4. The molecule has 0 radical (unpaired) electrons. The summed E-state index contributed by atoms with van der Waals surface area (Å²) in [5, 5.41) is 9.40. The quantitative estimate of drug-likeness (QED) is 0.757. The van der Waals surface area contributed by atoms with Crippen LogP contribution in [-0.2, 0) is 14.3 Å². The number of fused-ring (bicyclic) bond motifs is 1. The highest BCUT2D eigenvalue weighted by atomic mass is 16.6. The molecule has 2 atom stereocenters. The maximum atomic E-state index is 11.9. The summed E-state index contributed by atoms with van der Waals surface area (Å²) >= 11 is 0. The van der Waals surface area contributed by atoms with Crippen molar-refractivity contribution >= 4 is 12.1 Å². The van der Waals surface area contributed by atoms with Crippen molar-refractivity contribution in [3.63, 3.8) is 0 Å². The second kappa shape index (κ2) is 4.97. The molecule has 0 bridgehead atoms. The molecule has 1 N–H and O–H groups in total. The average Bonchev–Trinajstić information content (AvgIpc) is 2.80. The predicted molar refractivity (Wildman–Crippen MR) is 62.2 cm³/mol. The molecule has 0 saturated carbocycles. The normalized spacial score (nSPS) is 30.7. The summed E-state index contributed by atoms with van der Waals surface area (Å²) in [6.07, 6.45) is 2.18. The first-order chi connectivity index (χ1) is 8.62. The van der Waals surface area contributed by atoms with Gasteiger partial charge in [0.15, 0.2) is 0 Å². The third-order valence-electron chi connectivity index (χ3n) is 3.66. The molecular weight excluding hydrogens is 238 g/mol. The van der Waals surface area contributed by atoms with E-state index in [-0.39, 0.29) is 19.8 Å². The van der Waals surface area contributed by atoms with Crippen LogP contribution in [0.25, 0.3) is 0 Å². The Morgan fingerprint density at radius 2 is 2.39 bits per heavy atom. The lowest BCUT2D eigenvalue weighted by Gasteiger charge is -2.41. The lowest BCUT2D eigenvalue weighted by molar-refractivity contribution is -0.153. The first-order valence-electron chi connectivity index (χ1n) is 5.97. The van der Waals surface area contributed by atoms with Crippen LogP contribution in [0.3, 0.4) is 0 Å². The highest BCUT2D eigenvalue weighted by Gasteiger charge is 2.56. The number of carbonyl (C=O) groups excluding carboxylic acids is 1. The zero-order valence-electron chi connectivity index (χ0n) is 10.1. The first-order valence-corrected chi connectivity index (χ1v) is 5.97. The number of carboxylic acids is 1. The Kier molecular flexibility index (Phi) is 3.56. The summed E-state index contributed by atoms with van der Waals surface area (Å²) in [5.41, 5.74) is -0.967. The monoisotopic (exact) mass is 255 g/mol. The van der Waals surface area contributed by atoms with Gasteiger partial charge in [-0.15, -0.1) is 0 Å². The molecule has 2 fully saturated rings. The topological polar surface area (TPSA) is 76.1 Å². The summed E-state index contributed by atoms with van der Waals surface area (Å²) in [6.45, 7) is 4.54. The van der Waals surface area contributed by atoms with Gasteiger partial charge in [-0.1, -0.05) is 12.7 Å². The summed E-state index contributed by atoms with van der Waals surface area (Å²) in [5.74, 6) is -0.897. The van der Waals surface area contributed by atoms with Crippen molar-refractivity contribution < 1.29 is 24.2 Å². The van der Waals surface area contributed by atoms with Crippen LogP contribution in [0.1, 0.15) is 12.8 Å². The molecule has 0 aromatic rings. The second-order valence-electron chi connectivity index (χ2n) is 4.65. The van der Waals surface area contributed by atoms with Crippen molar-refractivity contribution in [2.75, 3.05) is 26.4 Å². The van der Waals surface area contributed by atoms with Gasteiger partial charge in [0, 0.05) is 6.54 Å². The summed E-state index contributed by atoms with van der Waals surface area (Å²) in [4.78, 5) is 24.8. The van der Waals surface area contributed by atoms with Crippen molar-refractivity contribution in [1.29, 1.82) is 0 Å². The number of aliphatic carboxylic acids is 1. The Morgan fingerprint density at radius 3 is 3.06 bits per heavy atom. The van der Waals surface area contributed by atoms with E-state index in [1.54, 1.807) is 0 Å². The third-order valence-corrected chi connectivity index (χ3v) is 3.66. The Bertz CT molecular complexity index is 369. The Labute approximate surface area is 105 Å². The van der Waals surface area contributed by atoms with Gasteiger partial charge in [0.1, 0.15) is 12.0 Å². The summed E-state index contributed by atoms with van der Waals surface area (Å²) in [7, 11) is 0. The van der Waals surface area contributed by atoms with Crippen molar-refractivity contribution in [3.05, 3.63) is 12.7 Å². The van der Waals surface area contributed by atoms with Crippen LogP contribution in [0, 0.1) is 5.41 Å². The fourth-order valence-corrected chi connectivity index (χ4v) is 2.70. The van der Waals surface area contributed by atoms with E-state index < -0.39 is 23.5 Å². The maximum Gasteiger partial charge on any atom is 0.410 e. The zero-order valence-corrected chi connectivity index (χ0v) is 10.1. The molecule has 1 amide bonds. The van der Waals surface area contributed by atoms with Gasteiger partial charge in [0.2, 0.25) is 0 Å². The van der Waals surface area contributed by atoms with Crippen LogP contribution >= 0.6 is 0 Å². The Morgan fingerprint density at radius 1 is 1.61 bits per heavy atom. The fraction of sp³-hybridized carbons (Fsp3) is 0.667. The number of rotatable bonds is 3. The number of piperidine rings is 1. The van der Waals surface area contributed by atoms with Crippen LogP contribution in [-0.4, -0.2) is 54.5 Å².